The predicted molar refractivity (Wildman–Crippen MR) is 77.0 cm³/mol. The van der Waals surface area contributed by atoms with Crippen molar-refractivity contribution < 1.29 is 14.6 Å². The summed E-state index contributed by atoms with van der Waals surface area (Å²) in [5.74, 6) is 0.135. The van der Waals surface area contributed by atoms with Crippen LogP contribution in [0.4, 0.5) is 0 Å². The highest BCUT2D eigenvalue weighted by molar-refractivity contribution is 5.68. The van der Waals surface area contributed by atoms with E-state index in [1.54, 1.807) is 0 Å². The lowest BCUT2D eigenvalue weighted by Crippen LogP contribution is -2.09. The first-order valence-electron chi connectivity index (χ1n) is 6.95. The van der Waals surface area contributed by atoms with E-state index in [4.69, 9.17) is 9.84 Å². The Hall–Kier alpha value is -1.51. The molecule has 106 valence electrons. The van der Waals surface area contributed by atoms with E-state index in [0.29, 0.717) is 6.61 Å². The van der Waals surface area contributed by atoms with Crippen molar-refractivity contribution in [2.24, 2.45) is 0 Å². The molecule has 0 spiro atoms. The molecular weight excluding hydrogens is 240 g/mol. The minimum Gasteiger partial charge on any atom is -0.493 e. The highest BCUT2D eigenvalue weighted by Crippen LogP contribution is 2.35. The second kappa shape index (κ2) is 7.17. The molecule has 0 saturated heterocycles. The smallest absolute Gasteiger partial charge is 0.303 e. The Morgan fingerprint density at radius 3 is 2.53 bits per heavy atom. The van der Waals surface area contributed by atoms with Crippen LogP contribution in [0.2, 0.25) is 0 Å². The van der Waals surface area contributed by atoms with Gasteiger partial charge in [-0.15, -0.1) is 0 Å². The Morgan fingerprint density at radius 1 is 1.32 bits per heavy atom. The van der Waals surface area contributed by atoms with E-state index in [0.717, 1.165) is 35.3 Å². The lowest BCUT2D eigenvalue weighted by atomic mass is 9.90. The van der Waals surface area contributed by atoms with Crippen LogP contribution in [0, 0.1) is 13.8 Å². The van der Waals surface area contributed by atoms with Gasteiger partial charge in [0.25, 0.3) is 0 Å². The van der Waals surface area contributed by atoms with Crippen molar-refractivity contribution in [3.05, 3.63) is 28.8 Å². The minimum absolute atomic E-state index is 0.0166. The van der Waals surface area contributed by atoms with E-state index in [-0.39, 0.29) is 12.3 Å². The van der Waals surface area contributed by atoms with Crippen LogP contribution >= 0.6 is 0 Å². The van der Waals surface area contributed by atoms with Crippen LogP contribution in [-0.2, 0) is 4.79 Å². The van der Waals surface area contributed by atoms with Gasteiger partial charge in [0, 0.05) is 0 Å². The van der Waals surface area contributed by atoms with Crippen LogP contribution in [-0.4, -0.2) is 17.7 Å². The number of carbonyl (C=O) groups is 1. The van der Waals surface area contributed by atoms with Crippen LogP contribution < -0.4 is 4.74 Å². The molecule has 0 amide bonds. The van der Waals surface area contributed by atoms with Crippen molar-refractivity contribution in [2.75, 3.05) is 6.61 Å². The Bertz CT molecular complexity index is 438. The van der Waals surface area contributed by atoms with Crippen LogP contribution in [0.15, 0.2) is 12.1 Å². The molecule has 3 nitrogen and oxygen atoms in total. The number of aryl methyl sites for hydroxylation is 2. The standard InChI is InChI=1S/C16H24O3/c1-5-7-19-16-12(4)8-11(3)9-14(16)13(6-2)10-15(17)18/h8-9,13H,5-7,10H2,1-4H3,(H,17,18). The molecule has 0 aliphatic carbocycles. The third-order valence-electron chi connectivity index (χ3n) is 3.25. The average molecular weight is 264 g/mol. The monoisotopic (exact) mass is 264 g/mol. The van der Waals surface area contributed by atoms with E-state index in [2.05, 4.69) is 19.1 Å². The Morgan fingerprint density at radius 2 is 2.00 bits per heavy atom. The first-order valence-corrected chi connectivity index (χ1v) is 6.95. The largest absolute Gasteiger partial charge is 0.493 e. The molecule has 3 heteroatoms. The van der Waals surface area contributed by atoms with Gasteiger partial charge in [-0.3, -0.25) is 4.79 Å². The van der Waals surface area contributed by atoms with Crippen LogP contribution in [0.25, 0.3) is 0 Å². The van der Waals surface area contributed by atoms with Crippen molar-refractivity contribution in [3.63, 3.8) is 0 Å². The van der Waals surface area contributed by atoms with Gasteiger partial charge < -0.3 is 9.84 Å². The number of hydrogen-bond donors (Lipinski definition) is 1. The lowest BCUT2D eigenvalue weighted by molar-refractivity contribution is -0.137. The van der Waals surface area contributed by atoms with Gasteiger partial charge in [-0.25, -0.2) is 0 Å². The minimum atomic E-state index is -0.757. The third-order valence-corrected chi connectivity index (χ3v) is 3.25. The van der Waals surface area contributed by atoms with E-state index in [9.17, 15) is 4.79 Å². The molecule has 1 aromatic rings. The maximum Gasteiger partial charge on any atom is 0.303 e. The highest BCUT2D eigenvalue weighted by atomic mass is 16.5. The fraction of sp³-hybridized carbons (Fsp3) is 0.562. The quantitative estimate of drug-likeness (QED) is 0.807. The molecule has 0 aliphatic heterocycles. The fourth-order valence-corrected chi connectivity index (χ4v) is 2.38. The van der Waals surface area contributed by atoms with Gasteiger partial charge in [-0.1, -0.05) is 31.5 Å². The normalized spacial score (nSPS) is 12.2. The number of aliphatic carboxylic acids is 1. The molecule has 0 bridgehead atoms. The summed E-state index contributed by atoms with van der Waals surface area (Å²) in [5.41, 5.74) is 3.28. The second-order valence-electron chi connectivity index (χ2n) is 5.05. The fourth-order valence-electron chi connectivity index (χ4n) is 2.38. The summed E-state index contributed by atoms with van der Waals surface area (Å²) >= 11 is 0. The summed E-state index contributed by atoms with van der Waals surface area (Å²) in [6, 6.07) is 4.15. The predicted octanol–water partition coefficient (Wildman–Crippen LogP) is 4.06. The van der Waals surface area contributed by atoms with Crippen LogP contribution in [0.3, 0.4) is 0 Å². The van der Waals surface area contributed by atoms with E-state index < -0.39 is 5.97 Å². The molecule has 0 aliphatic rings. The van der Waals surface area contributed by atoms with Gasteiger partial charge in [0.1, 0.15) is 5.75 Å². The number of ether oxygens (including phenoxy) is 1. The molecule has 1 unspecified atom stereocenters. The lowest BCUT2D eigenvalue weighted by Gasteiger charge is -2.20. The molecule has 0 saturated carbocycles. The van der Waals surface area contributed by atoms with Gasteiger partial charge in [0.2, 0.25) is 0 Å². The van der Waals surface area contributed by atoms with Gasteiger partial charge in [0.05, 0.1) is 13.0 Å². The molecule has 1 atom stereocenters. The number of benzene rings is 1. The molecular formula is C16H24O3. The molecule has 0 aromatic heterocycles. The zero-order chi connectivity index (χ0) is 14.4. The summed E-state index contributed by atoms with van der Waals surface area (Å²) in [4.78, 5) is 11.0. The Labute approximate surface area is 115 Å². The van der Waals surface area contributed by atoms with Gasteiger partial charge in [-0.2, -0.15) is 0 Å². The number of carboxylic acid groups (broad SMARTS) is 1. The zero-order valence-electron chi connectivity index (χ0n) is 12.3. The molecule has 1 aromatic carbocycles. The number of hydrogen-bond acceptors (Lipinski definition) is 2. The van der Waals surface area contributed by atoms with Crippen molar-refractivity contribution in [2.45, 2.75) is 52.9 Å². The molecule has 1 rings (SSSR count). The molecule has 0 fully saturated rings. The summed E-state index contributed by atoms with van der Waals surface area (Å²) < 4.78 is 5.84. The summed E-state index contributed by atoms with van der Waals surface area (Å²) in [7, 11) is 0. The van der Waals surface area contributed by atoms with Crippen molar-refractivity contribution >= 4 is 5.97 Å². The van der Waals surface area contributed by atoms with E-state index in [1.165, 1.54) is 0 Å². The Balaban J connectivity index is 3.17. The molecule has 0 radical (unpaired) electrons. The second-order valence-corrected chi connectivity index (χ2v) is 5.05. The maximum absolute atomic E-state index is 11.0. The van der Waals surface area contributed by atoms with Gasteiger partial charge in [-0.05, 0) is 43.7 Å². The van der Waals surface area contributed by atoms with Crippen molar-refractivity contribution in [1.29, 1.82) is 0 Å². The highest BCUT2D eigenvalue weighted by Gasteiger charge is 2.19. The maximum atomic E-state index is 11.0. The number of rotatable bonds is 7. The Kier molecular flexibility index (Phi) is 5.87. The first-order chi connectivity index (χ1) is 8.99. The van der Waals surface area contributed by atoms with Crippen LogP contribution in [0.5, 0.6) is 5.75 Å². The van der Waals surface area contributed by atoms with Gasteiger partial charge >= 0.3 is 5.97 Å². The van der Waals surface area contributed by atoms with E-state index >= 15 is 0 Å². The zero-order valence-corrected chi connectivity index (χ0v) is 12.3. The summed E-state index contributed by atoms with van der Waals surface area (Å²) in [5, 5.41) is 9.04. The summed E-state index contributed by atoms with van der Waals surface area (Å²) in [6.07, 6.45) is 1.90. The summed E-state index contributed by atoms with van der Waals surface area (Å²) in [6.45, 7) is 8.82. The van der Waals surface area contributed by atoms with Crippen molar-refractivity contribution in [3.8, 4) is 5.75 Å². The number of carboxylic acids is 1. The third kappa shape index (κ3) is 4.27. The topological polar surface area (TPSA) is 46.5 Å². The SMILES string of the molecule is CCCOc1c(C)cc(C)cc1C(CC)CC(=O)O. The molecule has 1 N–H and O–H groups in total. The van der Waals surface area contributed by atoms with Crippen molar-refractivity contribution in [1.82, 2.24) is 0 Å². The molecule has 0 heterocycles. The van der Waals surface area contributed by atoms with Gasteiger partial charge in [0.15, 0.2) is 0 Å². The molecule has 19 heavy (non-hydrogen) atoms. The van der Waals surface area contributed by atoms with E-state index in [1.807, 2.05) is 20.8 Å². The first kappa shape index (κ1) is 15.5. The average Bonchev–Trinajstić information content (AvgIpc) is 2.34. The van der Waals surface area contributed by atoms with Crippen LogP contribution in [0.1, 0.15) is 55.7 Å².